The van der Waals surface area contributed by atoms with Crippen LogP contribution in [0.1, 0.15) is 37.6 Å². The van der Waals surface area contributed by atoms with E-state index in [4.69, 9.17) is 16.0 Å². The molecule has 1 aromatic carbocycles. The topological polar surface area (TPSA) is 57.7 Å². The maximum absolute atomic E-state index is 11.7. The fourth-order valence-electron chi connectivity index (χ4n) is 2.05. The van der Waals surface area contributed by atoms with Crippen LogP contribution < -0.4 is 4.74 Å². The summed E-state index contributed by atoms with van der Waals surface area (Å²) >= 11 is 0. The van der Waals surface area contributed by atoms with Gasteiger partial charge < -0.3 is 9.47 Å². The van der Waals surface area contributed by atoms with Crippen LogP contribution in [0, 0.1) is 12.5 Å². The Morgan fingerprint density at radius 2 is 2.21 bits per heavy atom. The molecule has 0 aliphatic heterocycles. The van der Waals surface area contributed by atoms with Gasteiger partial charge in [-0.15, -0.1) is 0 Å². The van der Waals surface area contributed by atoms with E-state index in [1.807, 2.05) is 0 Å². The van der Waals surface area contributed by atoms with E-state index in [9.17, 15) is 4.79 Å². The minimum atomic E-state index is -0.414. The molecule has 24 heavy (non-hydrogen) atoms. The van der Waals surface area contributed by atoms with E-state index in [0.717, 1.165) is 6.42 Å². The van der Waals surface area contributed by atoms with E-state index >= 15 is 0 Å². The predicted octanol–water partition coefficient (Wildman–Crippen LogP) is 4.02. The van der Waals surface area contributed by atoms with Crippen molar-refractivity contribution in [3.05, 3.63) is 47.6 Å². The number of benzene rings is 1. The Morgan fingerprint density at radius 1 is 1.42 bits per heavy atom. The quantitative estimate of drug-likeness (QED) is 0.569. The Bertz CT molecular complexity index is 744. The van der Waals surface area contributed by atoms with Gasteiger partial charge in [-0.25, -0.2) is 14.3 Å². The van der Waals surface area contributed by atoms with Gasteiger partial charge in [0, 0.05) is 6.20 Å². The minimum Gasteiger partial charge on any atom is -0.505 e. The number of nitrogens with zero attached hydrogens (tertiary/aromatic N) is 3. The van der Waals surface area contributed by atoms with Gasteiger partial charge in [0.1, 0.15) is 5.75 Å². The van der Waals surface area contributed by atoms with Crippen LogP contribution in [0.3, 0.4) is 0 Å². The monoisotopic (exact) mass is 327 g/mol. The second-order valence-electron chi connectivity index (χ2n) is 5.69. The van der Waals surface area contributed by atoms with Crippen molar-refractivity contribution < 1.29 is 14.3 Å². The average molecular weight is 327 g/mol. The van der Waals surface area contributed by atoms with Gasteiger partial charge in [-0.1, -0.05) is 13.8 Å². The second kappa shape index (κ2) is 8.16. The van der Waals surface area contributed by atoms with Gasteiger partial charge in [0.05, 0.1) is 37.2 Å². The zero-order valence-electron chi connectivity index (χ0n) is 14.2. The Morgan fingerprint density at radius 3 is 2.88 bits per heavy atom. The van der Waals surface area contributed by atoms with E-state index in [1.54, 1.807) is 36.0 Å². The fraction of sp³-hybridized carbons (Fsp3) is 0.389. The molecular weight excluding hydrogens is 306 g/mol. The first-order chi connectivity index (χ1) is 11.5. The molecule has 0 fully saturated rings. The van der Waals surface area contributed by atoms with Crippen LogP contribution in [0.15, 0.2) is 30.6 Å². The molecular formula is C18H21N3O3. The molecule has 1 aromatic heterocycles. The lowest BCUT2D eigenvalue weighted by Gasteiger charge is -2.11. The Kier molecular flexibility index (Phi) is 5.96. The highest BCUT2D eigenvalue weighted by molar-refractivity contribution is 5.88. The van der Waals surface area contributed by atoms with Gasteiger partial charge in [-0.05, 0) is 37.5 Å². The van der Waals surface area contributed by atoms with Crippen LogP contribution in [0.2, 0.25) is 0 Å². The summed E-state index contributed by atoms with van der Waals surface area (Å²) in [5, 5.41) is 4.15. The summed E-state index contributed by atoms with van der Waals surface area (Å²) in [4.78, 5) is 15.2. The third-order valence-electron chi connectivity index (χ3n) is 3.37. The first-order valence-corrected chi connectivity index (χ1v) is 7.91. The fourth-order valence-corrected chi connectivity index (χ4v) is 2.05. The van der Waals surface area contributed by atoms with E-state index in [1.165, 1.54) is 6.20 Å². The molecule has 0 radical (unpaired) electrons. The van der Waals surface area contributed by atoms with Crippen molar-refractivity contribution in [1.29, 1.82) is 0 Å². The maximum atomic E-state index is 11.7. The van der Waals surface area contributed by atoms with Crippen LogP contribution >= 0.6 is 0 Å². The molecule has 0 aliphatic carbocycles. The van der Waals surface area contributed by atoms with Crippen molar-refractivity contribution in [3.63, 3.8) is 0 Å². The van der Waals surface area contributed by atoms with Crippen LogP contribution in [-0.2, 0) is 4.74 Å². The number of hydrogen-bond acceptors (Lipinski definition) is 4. The highest BCUT2D eigenvalue weighted by atomic mass is 16.5. The van der Waals surface area contributed by atoms with Gasteiger partial charge in [0.15, 0.2) is 0 Å². The summed E-state index contributed by atoms with van der Waals surface area (Å²) in [6.07, 6.45) is 3.96. The highest BCUT2D eigenvalue weighted by Crippen LogP contribution is 2.30. The van der Waals surface area contributed by atoms with Crippen LogP contribution in [-0.4, -0.2) is 29.0 Å². The summed E-state index contributed by atoms with van der Waals surface area (Å²) in [6, 6.07) is 5.26. The molecule has 0 aliphatic rings. The van der Waals surface area contributed by atoms with Gasteiger partial charge in [-0.3, -0.25) is 0 Å². The maximum Gasteiger partial charge on any atom is 0.341 e. The third kappa shape index (κ3) is 4.35. The molecule has 0 unspecified atom stereocenters. The molecule has 0 bridgehead atoms. The third-order valence-corrected chi connectivity index (χ3v) is 3.37. The minimum absolute atomic E-state index is 0.314. The summed E-state index contributed by atoms with van der Waals surface area (Å²) in [7, 11) is 0. The van der Waals surface area contributed by atoms with Gasteiger partial charge in [0.2, 0.25) is 5.69 Å². The van der Waals surface area contributed by atoms with Crippen molar-refractivity contribution in [1.82, 2.24) is 9.78 Å². The number of rotatable bonds is 7. The SMILES string of the molecule is [C-]#[N+]c1cc(-n2cc(C(=O)OCC)cn2)ccc1OCCC(C)C. The molecule has 2 rings (SSSR count). The summed E-state index contributed by atoms with van der Waals surface area (Å²) < 4.78 is 12.2. The predicted molar refractivity (Wildman–Crippen MR) is 90.7 cm³/mol. The summed E-state index contributed by atoms with van der Waals surface area (Å²) in [6.45, 7) is 14.2. The smallest absolute Gasteiger partial charge is 0.341 e. The second-order valence-corrected chi connectivity index (χ2v) is 5.69. The van der Waals surface area contributed by atoms with Crippen LogP contribution in [0.4, 0.5) is 5.69 Å². The molecule has 2 aromatic rings. The normalized spacial score (nSPS) is 10.5. The van der Waals surface area contributed by atoms with E-state index in [0.29, 0.717) is 41.8 Å². The molecule has 6 nitrogen and oxygen atoms in total. The van der Waals surface area contributed by atoms with Crippen molar-refractivity contribution >= 4 is 11.7 Å². The van der Waals surface area contributed by atoms with E-state index < -0.39 is 5.97 Å². The first kappa shape index (κ1) is 17.5. The first-order valence-electron chi connectivity index (χ1n) is 7.91. The van der Waals surface area contributed by atoms with Gasteiger partial charge in [-0.2, -0.15) is 5.10 Å². The number of ether oxygens (including phenoxy) is 2. The summed E-state index contributed by atoms with van der Waals surface area (Å²) in [5.41, 5.74) is 1.48. The molecule has 126 valence electrons. The summed E-state index contributed by atoms with van der Waals surface area (Å²) in [5.74, 6) is 0.695. The van der Waals surface area contributed by atoms with Crippen molar-refractivity contribution in [2.24, 2.45) is 5.92 Å². The Hall–Kier alpha value is -2.81. The molecule has 0 N–H and O–H groups in total. The lowest BCUT2D eigenvalue weighted by atomic mass is 10.1. The number of esters is 1. The van der Waals surface area contributed by atoms with E-state index in [2.05, 4.69) is 23.8 Å². The molecule has 0 spiro atoms. The van der Waals surface area contributed by atoms with E-state index in [-0.39, 0.29) is 0 Å². The molecule has 0 saturated heterocycles. The lowest BCUT2D eigenvalue weighted by molar-refractivity contribution is 0.0526. The zero-order valence-corrected chi connectivity index (χ0v) is 14.2. The van der Waals surface area contributed by atoms with Gasteiger partial charge >= 0.3 is 5.97 Å². The Labute approximate surface area is 141 Å². The molecule has 1 heterocycles. The number of carbonyl (C=O) groups excluding carboxylic acids is 1. The number of hydrogen-bond donors (Lipinski definition) is 0. The zero-order chi connectivity index (χ0) is 17.5. The molecule has 0 atom stereocenters. The highest BCUT2D eigenvalue weighted by Gasteiger charge is 2.12. The molecule has 6 heteroatoms. The van der Waals surface area contributed by atoms with Crippen LogP contribution in [0.5, 0.6) is 5.75 Å². The van der Waals surface area contributed by atoms with Gasteiger partial charge in [0.25, 0.3) is 0 Å². The standard InChI is InChI=1S/C18H21N3O3/c1-5-23-18(22)14-11-20-21(12-14)15-6-7-17(16(10-15)19-4)24-9-8-13(2)3/h6-7,10-13H,5,8-9H2,1-3H3. The molecule has 0 saturated carbocycles. The number of aromatic nitrogens is 2. The largest absolute Gasteiger partial charge is 0.505 e. The van der Waals surface area contributed by atoms with Crippen LogP contribution in [0.25, 0.3) is 10.5 Å². The number of carbonyl (C=O) groups is 1. The average Bonchev–Trinajstić information content (AvgIpc) is 3.05. The lowest BCUT2D eigenvalue weighted by Crippen LogP contribution is -2.03. The van der Waals surface area contributed by atoms with Crippen molar-refractivity contribution in [2.45, 2.75) is 27.2 Å². The molecule has 0 amide bonds. The van der Waals surface area contributed by atoms with Crippen molar-refractivity contribution in [2.75, 3.05) is 13.2 Å². The van der Waals surface area contributed by atoms with Crippen molar-refractivity contribution in [3.8, 4) is 11.4 Å². The Balaban J connectivity index is 2.17.